The van der Waals surface area contributed by atoms with E-state index < -0.39 is 0 Å². The van der Waals surface area contributed by atoms with Gasteiger partial charge in [-0.3, -0.25) is 14.5 Å². The summed E-state index contributed by atoms with van der Waals surface area (Å²) in [6, 6.07) is 5.95. The van der Waals surface area contributed by atoms with Gasteiger partial charge in [-0.1, -0.05) is 19.1 Å². The van der Waals surface area contributed by atoms with Crippen LogP contribution in [0.15, 0.2) is 18.2 Å². The van der Waals surface area contributed by atoms with Crippen LogP contribution in [0.3, 0.4) is 0 Å². The summed E-state index contributed by atoms with van der Waals surface area (Å²) < 4.78 is 0. The van der Waals surface area contributed by atoms with Crippen LogP contribution in [-0.2, 0) is 9.59 Å². The molecule has 116 valence electrons. The molecule has 0 spiro atoms. The van der Waals surface area contributed by atoms with Crippen molar-refractivity contribution in [1.82, 2.24) is 10.2 Å². The van der Waals surface area contributed by atoms with Crippen LogP contribution in [0.4, 0.5) is 5.69 Å². The molecule has 2 amide bonds. The maximum absolute atomic E-state index is 12.1. The van der Waals surface area contributed by atoms with E-state index in [1.54, 1.807) is 0 Å². The highest BCUT2D eigenvalue weighted by Crippen LogP contribution is 2.16. The van der Waals surface area contributed by atoms with Crippen molar-refractivity contribution in [2.45, 2.75) is 27.7 Å². The second kappa shape index (κ2) is 8.42. The van der Waals surface area contributed by atoms with Gasteiger partial charge in [0.15, 0.2) is 0 Å². The first-order valence-electron chi connectivity index (χ1n) is 7.32. The number of carbonyl (C=O) groups is 2. The van der Waals surface area contributed by atoms with Crippen LogP contribution in [0.1, 0.15) is 25.0 Å². The zero-order chi connectivity index (χ0) is 15.8. The van der Waals surface area contributed by atoms with E-state index >= 15 is 0 Å². The lowest BCUT2D eigenvalue weighted by molar-refractivity contribution is -0.123. The van der Waals surface area contributed by atoms with E-state index in [1.807, 2.05) is 50.8 Å². The lowest BCUT2D eigenvalue weighted by Crippen LogP contribution is -2.41. The fraction of sp³-hybridized carbons (Fsp3) is 0.500. The van der Waals surface area contributed by atoms with E-state index in [1.165, 1.54) is 0 Å². The number of benzene rings is 1. The normalized spacial score (nSPS) is 10.5. The van der Waals surface area contributed by atoms with Crippen molar-refractivity contribution in [1.29, 1.82) is 0 Å². The average molecular weight is 291 g/mol. The summed E-state index contributed by atoms with van der Waals surface area (Å²) in [6.45, 7) is 9.46. The molecule has 0 radical (unpaired) electrons. The van der Waals surface area contributed by atoms with Crippen LogP contribution in [-0.4, -0.2) is 42.9 Å². The van der Waals surface area contributed by atoms with Gasteiger partial charge in [-0.05, 0) is 44.5 Å². The number of nitrogens with zero attached hydrogens (tertiary/aromatic N) is 1. The maximum Gasteiger partial charge on any atom is 0.238 e. The van der Waals surface area contributed by atoms with Gasteiger partial charge in [-0.15, -0.1) is 0 Å². The highest BCUT2D eigenvalue weighted by atomic mass is 16.2. The van der Waals surface area contributed by atoms with Gasteiger partial charge in [-0.2, -0.15) is 0 Å². The highest BCUT2D eigenvalue weighted by Gasteiger charge is 2.13. The number of amides is 2. The Morgan fingerprint density at radius 2 is 1.76 bits per heavy atom. The van der Waals surface area contributed by atoms with Gasteiger partial charge < -0.3 is 10.6 Å². The summed E-state index contributed by atoms with van der Waals surface area (Å²) in [5.74, 6) is -0.159. The third kappa shape index (κ3) is 5.95. The van der Waals surface area contributed by atoms with Crippen molar-refractivity contribution in [2.75, 3.05) is 31.5 Å². The lowest BCUT2D eigenvalue weighted by atomic mass is 10.1. The number of hydrogen-bond donors (Lipinski definition) is 2. The van der Waals surface area contributed by atoms with Gasteiger partial charge in [0, 0.05) is 12.2 Å². The molecule has 0 saturated carbocycles. The minimum atomic E-state index is -0.102. The molecule has 1 aromatic rings. The summed E-state index contributed by atoms with van der Waals surface area (Å²) in [5, 5.41) is 5.65. The molecule has 5 heteroatoms. The largest absolute Gasteiger partial charge is 0.355 e. The van der Waals surface area contributed by atoms with Gasteiger partial charge in [0.1, 0.15) is 0 Å². The summed E-state index contributed by atoms with van der Waals surface area (Å²) in [4.78, 5) is 25.5. The average Bonchev–Trinajstić information content (AvgIpc) is 2.42. The zero-order valence-electron chi connectivity index (χ0n) is 13.3. The molecule has 1 rings (SSSR count). The second-order valence-electron chi connectivity index (χ2n) is 5.12. The number of hydrogen-bond acceptors (Lipinski definition) is 3. The third-order valence-corrected chi connectivity index (χ3v) is 3.22. The van der Waals surface area contributed by atoms with E-state index in [4.69, 9.17) is 0 Å². The van der Waals surface area contributed by atoms with Gasteiger partial charge in [0.2, 0.25) is 11.8 Å². The summed E-state index contributed by atoms with van der Waals surface area (Å²) in [6.07, 6.45) is 0. The molecule has 5 nitrogen and oxygen atoms in total. The van der Waals surface area contributed by atoms with Crippen molar-refractivity contribution in [3.05, 3.63) is 29.3 Å². The highest BCUT2D eigenvalue weighted by molar-refractivity contribution is 5.93. The number of carbonyl (C=O) groups excluding carboxylic acids is 2. The minimum Gasteiger partial charge on any atom is -0.355 e. The Balaban J connectivity index is 2.58. The SMILES string of the molecule is CCNC(=O)CN(CC)CC(=O)Nc1cc(C)ccc1C. The Labute approximate surface area is 126 Å². The summed E-state index contributed by atoms with van der Waals surface area (Å²) >= 11 is 0. The fourth-order valence-corrected chi connectivity index (χ4v) is 2.00. The van der Waals surface area contributed by atoms with Crippen LogP contribution in [0.5, 0.6) is 0 Å². The predicted molar refractivity (Wildman–Crippen MR) is 85.3 cm³/mol. The Hall–Kier alpha value is -1.88. The Bertz CT molecular complexity index is 500. The van der Waals surface area contributed by atoms with Gasteiger partial charge >= 0.3 is 0 Å². The Morgan fingerprint density at radius 3 is 2.38 bits per heavy atom. The predicted octanol–water partition coefficient (Wildman–Crippen LogP) is 1.70. The maximum atomic E-state index is 12.1. The van der Waals surface area contributed by atoms with Crippen molar-refractivity contribution >= 4 is 17.5 Å². The van der Waals surface area contributed by atoms with Crippen molar-refractivity contribution in [3.63, 3.8) is 0 Å². The molecule has 0 atom stereocenters. The minimum absolute atomic E-state index is 0.0566. The fourth-order valence-electron chi connectivity index (χ4n) is 2.00. The molecule has 0 aliphatic heterocycles. The second-order valence-corrected chi connectivity index (χ2v) is 5.12. The van der Waals surface area contributed by atoms with Crippen LogP contribution in [0.2, 0.25) is 0 Å². The topological polar surface area (TPSA) is 61.4 Å². The van der Waals surface area contributed by atoms with Gasteiger partial charge in [0.05, 0.1) is 13.1 Å². The zero-order valence-corrected chi connectivity index (χ0v) is 13.3. The molecule has 0 aliphatic carbocycles. The van der Waals surface area contributed by atoms with Crippen LogP contribution in [0.25, 0.3) is 0 Å². The molecule has 0 saturated heterocycles. The molecule has 2 N–H and O–H groups in total. The van der Waals surface area contributed by atoms with E-state index in [0.29, 0.717) is 13.1 Å². The molecule has 0 unspecified atom stereocenters. The van der Waals surface area contributed by atoms with E-state index in [-0.39, 0.29) is 24.9 Å². The number of aryl methyl sites for hydroxylation is 2. The molecule has 0 aromatic heterocycles. The van der Waals surface area contributed by atoms with Crippen LogP contribution < -0.4 is 10.6 Å². The Morgan fingerprint density at radius 1 is 1.10 bits per heavy atom. The standard InChI is InChI=1S/C16H25N3O2/c1-5-17-15(20)10-19(6-2)11-16(21)18-14-9-12(3)7-8-13(14)4/h7-9H,5-6,10-11H2,1-4H3,(H,17,20)(H,18,21). The Kier molecular flexibility index (Phi) is 6.88. The monoisotopic (exact) mass is 291 g/mol. The molecule has 0 aliphatic rings. The molecule has 0 bridgehead atoms. The summed E-state index contributed by atoms with van der Waals surface area (Å²) in [5.41, 5.74) is 2.96. The number of rotatable bonds is 7. The van der Waals surface area contributed by atoms with E-state index in [0.717, 1.165) is 16.8 Å². The molecule has 1 aromatic carbocycles. The molecular weight excluding hydrogens is 266 g/mol. The van der Waals surface area contributed by atoms with Gasteiger partial charge in [0.25, 0.3) is 0 Å². The number of likely N-dealkylation sites (N-methyl/N-ethyl adjacent to an activating group) is 2. The number of anilines is 1. The molecular formula is C16H25N3O2. The first-order valence-corrected chi connectivity index (χ1v) is 7.32. The van der Waals surface area contributed by atoms with Crippen molar-refractivity contribution in [3.8, 4) is 0 Å². The third-order valence-electron chi connectivity index (χ3n) is 3.22. The number of nitrogens with one attached hydrogen (secondary N) is 2. The quantitative estimate of drug-likeness (QED) is 0.804. The molecule has 0 heterocycles. The van der Waals surface area contributed by atoms with E-state index in [9.17, 15) is 9.59 Å². The van der Waals surface area contributed by atoms with Crippen molar-refractivity contribution in [2.24, 2.45) is 0 Å². The first-order chi connectivity index (χ1) is 9.96. The lowest BCUT2D eigenvalue weighted by Gasteiger charge is -2.19. The smallest absolute Gasteiger partial charge is 0.238 e. The first kappa shape index (κ1) is 17.2. The molecule has 0 fully saturated rings. The van der Waals surface area contributed by atoms with Gasteiger partial charge in [-0.25, -0.2) is 0 Å². The molecule has 21 heavy (non-hydrogen) atoms. The van der Waals surface area contributed by atoms with Crippen molar-refractivity contribution < 1.29 is 9.59 Å². The summed E-state index contributed by atoms with van der Waals surface area (Å²) in [7, 11) is 0. The van der Waals surface area contributed by atoms with Crippen LogP contribution >= 0.6 is 0 Å². The van der Waals surface area contributed by atoms with Crippen LogP contribution in [0, 0.1) is 13.8 Å². The van der Waals surface area contributed by atoms with E-state index in [2.05, 4.69) is 10.6 Å².